The minimum Gasteiger partial charge on any atom is -0.356 e. The highest BCUT2D eigenvalue weighted by atomic mass is 79.9. The highest BCUT2D eigenvalue weighted by molar-refractivity contribution is 9.10. The maximum atomic E-state index is 5.76. The first-order valence-electron chi connectivity index (χ1n) is 8.73. The Morgan fingerprint density at radius 2 is 1.88 bits per heavy atom. The number of aliphatic imine (C=N–C) groups is 1. The van der Waals surface area contributed by atoms with Crippen molar-refractivity contribution in [2.24, 2.45) is 4.99 Å². The van der Waals surface area contributed by atoms with E-state index in [1.807, 2.05) is 29.2 Å². The van der Waals surface area contributed by atoms with Crippen LogP contribution < -0.4 is 0 Å². The number of hydrogen-bond donors (Lipinski definition) is 0. The Kier molecular flexibility index (Phi) is 5.52. The number of benzene rings is 2. The van der Waals surface area contributed by atoms with Gasteiger partial charge in [0.05, 0.1) is 18.3 Å². The SMILES string of the molecule is Brc1ccc2c(c1)CN=C2.Brc1ccc2cnn(C3CCCCO3)c2c1. The summed E-state index contributed by atoms with van der Waals surface area (Å²) in [4.78, 5) is 4.15. The lowest BCUT2D eigenvalue weighted by Crippen LogP contribution is -2.18. The monoisotopic (exact) mass is 475 g/mol. The first-order valence-corrected chi connectivity index (χ1v) is 10.3. The molecular formula is C20H19Br2N3O. The van der Waals surface area contributed by atoms with Crippen molar-refractivity contribution in [2.75, 3.05) is 6.61 Å². The minimum absolute atomic E-state index is 0.112. The standard InChI is InChI=1S/C12H13BrN2O.C8H6BrN/c13-10-5-4-9-8-14-15(11(9)7-10)12-3-1-2-6-16-12;9-8-2-1-6-4-10-5-7(6)3-8/h4-5,7-8,12H,1-3,6H2;1-4H,5H2. The van der Waals surface area contributed by atoms with Crippen LogP contribution in [-0.4, -0.2) is 22.6 Å². The van der Waals surface area contributed by atoms with Crippen molar-refractivity contribution in [2.45, 2.75) is 32.0 Å². The van der Waals surface area contributed by atoms with Crippen molar-refractivity contribution in [3.8, 4) is 0 Å². The van der Waals surface area contributed by atoms with Crippen molar-refractivity contribution in [1.82, 2.24) is 9.78 Å². The van der Waals surface area contributed by atoms with E-state index in [1.54, 1.807) is 0 Å². The first-order chi connectivity index (χ1) is 12.7. The van der Waals surface area contributed by atoms with Crippen molar-refractivity contribution >= 4 is 49.0 Å². The summed E-state index contributed by atoms with van der Waals surface area (Å²) in [5, 5.41) is 5.60. The van der Waals surface area contributed by atoms with Crippen molar-refractivity contribution in [3.05, 3.63) is 62.7 Å². The summed E-state index contributed by atoms with van der Waals surface area (Å²) in [5.41, 5.74) is 3.71. The van der Waals surface area contributed by atoms with Crippen LogP contribution >= 0.6 is 31.9 Å². The second-order valence-electron chi connectivity index (χ2n) is 6.43. The molecule has 1 aromatic heterocycles. The molecule has 3 aromatic rings. The minimum atomic E-state index is 0.112. The summed E-state index contributed by atoms with van der Waals surface area (Å²) in [7, 11) is 0. The maximum absolute atomic E-state index is 5.76. The third-order valence-electron chi connectivity index (χ3n) is 4.59. The van der Waals surface area contributed by atoms with Gasteiger partial charge in [0.1, 0.15) is 0 Å². The molecule has 2 aliphatic rings. The van der Waals surface area contributed by atoms with E-state index in [2.05, 4.69) is 66.2 Å². The fourth-order valence-corrected chi connectivity index (χ4v) is 3.99. The summed E-state index contributed by atoms with van der Waals surface area (Å²) in [6.45, 7) is 1.69. The molecule has 3 heterocycles. The van der Waals surface area contributed by atoms with E-state index >= 15 is 0 Å². The van der Waals surface area contributed by atoms with E-state index in [0.29, 0.717) is 0 Å². The number of aromatic nitrogens is 2. The smallest absolute Gasteiger partial charge is 0.150 e. The summed E-state index contributed by atoms with van der Waals surface area (Å²) in [5.74, 6) is 0. The molecule has 2 aliphatic heterocycles. The van der Waals surface area contributed by atoms with Crippen LogP contribution in [0.5, 0.6) is 0 Å². The zero-order valence-electron chi connectivity index (χ0n) is 14.2. The van der Waals surface area contributed by atoms with Crippen LogP contribution in [0.1, 0.15) is 36.6 Å². The Bertz CT molecular complexity index is 945. The quantitative estimate of drug-likeness (QED) is 0.440. The zero-order valence-corrected chi connectivity index (χ0v) is 17.4. The lowest BCUT2D eigenvalue weighted by Gasteiger charge is -2.23. The summed E-state index contributed by atoms with van der Waals surface area (Å²) in [6.07, 6.45) is 7.38. The van der Waals surface area contributed by atoms with Crippen LogP contribution in [0.25, 0.3) is 10.9 Å². The van der Waals surface area contributed by atoms with Gasteiger partial charge in [0.2, 0.25) is 0 Å². The Balaban J connectivity index is 0.000000144. The second kappa shape index (κ2) is 8.03. The normalized spacial score (nSPS) is 18.5. The zero-order chi connectivity index (χ0) is 17.9. The van der Waals surface area contributed by atoms with Gasteiger partial charge in [0, 0.05) is 27.2 Å². The molecule has 1 saturated heterocycles. The fourth-order valence-electron chi connectivity index (χ4n) is 3.24. The fraction of sp³-hybridized carbons (Fsp3) is 0.300. The third-order valence-corrected chi connectivity index (χ3v) is 5.57. The van der Waals surface area contributed by atoms with E-state index in [1.165, 1.54) is 24.0 Å². The van der Waals surface area contributed by atoms with Gasteiger partial charge in [-0.3, -0.25) is 4.99 Å². The molecule has 0 aliphatic carbocycles. The average molecular weight is 477 g/mol. The van der Waals surface area contributed by atoms with Crippen molar-refractivity contribution < 1.29 is 4.74 Å². The molecule has 1 atom stereocenters. The lowest BCUT2D eigenvalue weighted by atomic mass is 10.1. The molecule has 0 radical (unpaired) electrons. The van der Waals surface area contributed by atoms with E-state index < -0.39 is 0 Å². The van der Waals surface area contributed by atoms with Gasteiger partial charge in [-0.15, -0.1) is 0 Å². The first kappa shape index (κ1) is 17.9. The van der Waals surface area contributed by atoms with Gasteiger partial charge in [-0.2, -0.15) is 5.10 Å². The Hall–Kier alpha value is -1.50. The number of rotatable bonds is 1. The summed E-state index contributed by atoms with van der Waals surface area (Å²) in [6, 6.07) is 12.4. The largest absolute Gasteiger partial charge is 0.356 e. The lowest BCUT2D eigenvalue weighted by molar-refractivity contribution is -0.0366. The van der Waals surface area contributed by atoms with Gasteiger partial charge >= 0.3 is 0 Å². The molecule has 4 nitrogen and oxygen atoms in total. The highest BCUT2D eigenvalue weighted by Gasteiger charge is 2.18. The van der Waals surface area contributed by atoms with Crippen LogP contribution in [0.3, 0.4) is 0 Å². The molecule has 1 fully saturated rings. The van der Waals surface area contributed by atoms with Gasteiger partial charge in [0.25, 0.3) is 0 Å². The van der Waals surface area contributed by atoms with Gasteiger partial charge in [-0.25, -0.2) is 4.68 Å². The Morgan fingerprint density at radius 1 is 1.04 bits per heavy atom. The number of halogens is 2. The van der Waals surface area contributed by atoms with Crippen LogP contribution in [0.2, 0.25) is 0 Å². The van der Waals surface area contributed by atoms with E-state index in [9.17, 15) is 0 Å². The third kappa shape index (κ3) is 3.92. The molecule has 0 spiro atoms. The van der Waals surface area contributed by atoms with Crippen LogP contribution in [0.4, 0.5) is 0 Å². The highest BCUT2D eigenvalue weighted by Crippen LogP contribution is 2.27. The Morgan fingerprint density at radius 3 is 2.73 bits per heavy atom. The predicted octanol–water partition coefficient (Wildman–Crippen LogP) is 5.88. The summed E-state index contributed by atoms with van der Waals surface area (Å²) >= 11 is 6.90. The molecule has 5 rings (SSSR count). The number of ether oxygens (including phenoxy) is 1. The van der Waals surface area contributed by atoms with Gasteiger partial charge < -0.3 is 4.74 Å². The number of nitrogens with zero attached hydrogens (tertiary/aromatic N) is 3. The molecule has 0 N–H and O–H groups in total. The molecule has 1 unspecified atom stereocenters. The number of fused-ring (bicyclic) bond motifs is 2. The Labute approximate surface area is 169 Å². The van der Waals surface area contributed by atoms with Crippen LogP contribution in [-0.2, 0) is 11.3 Å². The van der Waals surface area contributed by atoms with Gasteiger partial charge in [-0.05, 0) is 54.7 Å². The predicted molar refractivity (Wildman–Crippen MR) is 112 cm³/mol. The van der Waals surface area contributed by atoms with Crippen LogP contribution in [0.15, 0.2) is 56.5 Å². The van der Waals surface area contributed by atoms with Gasteiger partial charge in [0.15, 0.2) is 6.23 Å². The molecule has 2 aromatic carbocycles. The molecule has 0 amide bonds. The second-order valence-corrected chi connectivity index (χ2v) is 8.26. The van der Waals surface area contributed by atoms with E-state index in [-0.39, 0.29) is 6.23 Å². The maximum Gasteiger partial charge on any atom is 0.150 e. The molecule has 26 heavy (non-hydrogen) atoms. The topological polar surface area (TPSA) is 39.4 Å². The average Bonchev–Trinajstić information content (AvgIpc) is 3.29. The van der Waals surface area contributed by atoms with Crippen LogP contribution in [0, 0.1) is 0 Å². The van der Waals surface area contributed by atoms with Crippen molar-refractivity contribution in [3.63, 3.8) is 0 Å². The molecule has 134 valence electrons. The van der Waals surface area contributed by atoms with Gasteiger partial charge in [-0.1, -0.05) is 44.0 Å². The van der Waals surface area contributed by atoms with Crippen molar-refractivity contribution in [1.29, 1.82) is 0 Å². The van der Waals surface area contributed by atoms with E-state index in [4.69, 9.17) is 4.74 Å². The number of hydrogen-bond acceptors (Lipinski definition) is 3. The molecule has 0 saturated carbocycles. The molecule has 6 heteroatoms. The summed E-state index contributed by atoms with van der Waals surface area (Å²) < 4.78 is 9.97. The van der Waals surface area contributed by atoms with E-state index in [0.717, 1.165) is 39.4 Å². The molecular weight excluding hydrogens is 458 g/mol. The molecule has 0 bridgehead atoms.